The van der Waals surface area contributed by atoms with Crippen molar-refractivity contribution in [2.24, 2.45) is 5.41 Å². The van der Waals surface area contributed by atoms with Crippen molar-refractivity contribution < 1.29 is 13.8 Å². The predicted octanol–water partition coefficient (Wildman–Crippen LogP) is 12.0. The zero-order valence-electron chi connectivity index (χ0n) is 31.6. The Labute approximate surface area is 310 Å². The Morgan fingerprint density at radius 3 is 1.19 bits per heavy atom. The molecule has 9 rings (SSSR count). The van der Waals surface area contributed by atoms with Gasteiger partial charge < -0.3 is 13.8 Å². The molecule has 6 aromatic rings. The molecule has 0 bridgehead atoms. The Morgan fingerprint density at radius 2 is 0.885 bits per heavy atom. The molecule has 4 aromatic heterocycles. The molecular weight excluding hydrogens is 682 g/mol. The van der Waals surface area contributed by atoms with Crippen LogP contribution in [0.3, 0.4) is 0 Å². The van der Waals surface area contributed by atoms with Crippen LogP contribution in [0.2, 0.25) is 0 Å². The number of fused-ring (bicyclic) bond motifs is 6. The molecule has 0 unspecified atom stereocenters. The number of rotatable bonds is 4. The molecule has 0 spiro atoms. The topological polar surface area (TPSA) is 47.4 Å². The van der Waals surface area contributed by atoms with E-state index in [2.05, 4.69) is 177 Å². The van der Waals surface area contributed by atoms with Gasteiger partial charge in [-0.15, -0.1) is 0 Å². The third kappa shape index (κ3) is 5.46. The van der Waals surface area contributed by atoms with Gasteiger partial charge in [0, 0.05) is 77.4 Å². The zero-order chi connectivity index (χ0) is 36.3. The molecule has 3 aliphatic rings. The van der Waals surface area contributed by atoms with Crippen molar-refractivity contribution in [2.75, 3.05) is 0 Å². The maximum absolute atomic E-state index is 7.30. The van der Waals surface area contributed by atoms with Gasteiger partial charge in [-0.1, -0.05) is 74.4 Å². The molecule has 0 aliphatic carbocycles. The van der Waals surface area contributed by atoms with Gasteiger partial charge in [-0.05, 0) is 88.0 Å². The normalized spacial score (nSPS) is 15.9. The molecule has 268 valence electrons. The van der Waals surface area contributed by atoms with Gasteiger partial charge in [0.15, 0.2) is 23.0 Å². The summed E-state index contributed by atoms with van der Waals surface area (Å²) in [4.78, 5) is 0. The van der Waals surface area contributed by atoms with Crippen molar-refractivity contribution >= 4 is 16.9 Å². The van der Waals surface area contributed by atoms with E-state index in [1.165, 1.54) is 33.9 Å². The minimum absolute atomic E-state index is 0.0207. The summed E-state index contributed by atoms with van der Waals surface area (Å²) in [6.45, 7) is 20.7. The lowest BCUT2D eigenvalue weighted by Gasteiger charge is -2.40. The lowest BCUT2D eigenvalue weighted by atomic mass is 9.69. The second-order valence-corrected chi connectivity index (χ2v) is 20.7. The highest BCUT2D eigenvalue weighted by atomic mass is 31.2. The molecule has 0 atom stereocenters. The summed E-state index contributed by atoms with van der Waals surface area (Å²) in [6.07, 6.45) is 10.4. The van der Waals surface area contributed by atoms with Crippen molar-refractivity contribution in [1.82, 2.24) is 17.4 Å². The monoisotopic (exact) mass is 730 g/mol. The molecule has 0 fully saturated rings. The van der Waals surface area contributed by atoms with Crippen LogP contribution in [-0.2, 0) is 23.7 Å². The van der Waals surface area contributed by atoms with Gasteiger partial charge in [-0.25, -0.2) is 0 Å². The summed E-state index contributed by atoms with van der Waals surface area (Å²) in [7, 11) is -2.50. The number of nitrogens with zero attached hydrogens (tertiary/aromatic N) is 4. The third-order valence-corrected chi connectivity index (χ3v) is 14.4. The highest BCUT2D eigenvalue weighted by molar-refractivity contribution is 7.50. The maximum Gasteiger partial charge on any atom is 0.318 e. The summed E-state index contributed by atoms with van der Waals surface area (Å²) in [5.74, 6) is 3.12. The first-order valence-corrected chi connectivity index (χ1v) is 20.7. The van der Waals surface area contributed by atoms with Crippen LogP contribution in [0.25, 0.3) is 0 Å². The molecule has 0 radical (unpaired) electrons. The molecule has 0 amide bonds. The minimum atomic E-state index is -1.25. The number of hydrogen-bond donors (Lipinski definition) is 0. The molecule has 0 N–H and O–H groups in total. The molecule has 7 nitrogen and oxygen atoms in total. The van der Waals surface area contributed by atoms with Crippen LogP contribution < -0.4 is 13.8 Å². The first-order chi connectivity index (χ1) is 24.6. The van der Waals surface area contributed by atoms with Crippen molar-refractivity contribution in [1.29, 1.82) is 0 Å². The maximum atomic E-state index is 7.30. The summed E-state index contributed by atoms with van der Waals surface area (Å²) in [6, 6.07) is 26.5. The Kier molecular flexibility index (Phi) is 7.54. The van der Waals surface area contributed by atoms with Gasteiger partial charge in [0.05, 0.1) is 0 Å². The van der Waals surface area contributed by atoms with Crippen molar-refractivity contribution in [3.05, 3.63) is 143 Å². The van der Waals surface area contributed by atoms with Crippen LogP contribution in [0.15, 0.2) is 97.6 Å². The van der Waals surface area contributed by atoms with E-state index in [0.717, 1.165) is 47.0 Å². The Bertz CT molecular complexity index is 2100. The zero-order valence-corrected chi connectivity index (χ0v) is 33.4. The molecule has 3 aliphatic heterocycles. The standard InChI is InChI=1S/C43H48N4O3P2/c1-41(2,3)28-22-34-38(43(7,8)9)35-23-29(42(4,5)6)25-37(50-52-46-20-12-16-32(46)27-33-17-13-21-47(33)52)40(35)48-39(34)36(24-28)49-51-44-18-10-14-30(44)26-31-15-11-19-45(31)51/h10-25,38H,26-27H2,1-9H3. The SMILES string of the molecule is CC(C)(C)c1cc(OP2n3cccc3Cc3cccn32)c2c(c1)C(C(C)(C)C)c1cc(C(C)(C)C)cc(OP3n4cccc4Cc4cccn43)c1O2. The van der Waals surface area contributed by atoms with Crippen molar-refractivity contribution in [3.8, 4) is 23.0 Å². The highest BCUT2D eigenvalue weighted by Crippen LogP contribution is 2.62. The number of benzene rings is 2. The van der Waals surface area contributed by atoms with E-state index in [1.54, 1.807) is 0 Å². The fourth-order valence-electron chi connectivity index (χ4n) is 7.89. The predicted molar refractivity (Wildman–Crippen MR) is 212 cm³/mol. The molecule has 0 saturated heterocycles. The van der Waals surface area contributed by atoms with Crippen LogP contribution in [0, 0.1) is 5.41 Å². The van der Waals surface area contributed by atoms with E-state index in [0.29, 0.717) is 0 Å². The average Bonchev–Trinajstić information content (AvgIpc) is 3.89. The van der Waals surface area contributed by atoms with E-state index < -0.39 is 16.9 Å². The molecule has 7 heterocycles. The lowest BCUT2D eigenvalue weighted by Crippen LogP contribution is -2.26. The van der Waals surface area contributed by atoms with E-state index in [4.69, 9.17) is 13.8 Å². The smallest absolute Gasteiger partial charge is 0.318 e. The van der Waals surface area contributed by atoms with Crippen LogP contribution in [0.5, 0.6) is 23.0 Å². The Hall–Kier alpha value is -4.18. The number of aromatic nitrogens is 4. The van der Waals surface area contributed by atoms with E-state index in [9.17, 15) is 0 Å². The fraction of sp³-hybridized carbons (Fsp3) is 0.349. The molecule has 0 saturated carbocycles. The molecule has 9 heteroatoms. The van der Waals surface area contributed by atoms with Crippen LogP contribution in [0.4, 0.5) is 0 Å². The van der Waals surface area contributed by atoms with Crippen LogP contribution >= 0.6 is 16.9 Å². The van der Waals surface area contributed by atoms with Crippen molar-refractivity contribution in [3.63, 3.8) is 0 Å². The third-order valence-electron chi connectivity index (χ3n) is 10.7. The molecule has 52 heavy (non-hydrogen) atoms. The van der Waals surface area contributed by atoms with E-state index in [-0.39, 0.29) is 22.2 Å². The average molecular weight is 731 g/mol. The first-order valence-electron chi connectivity index (χ1n) is 18.3. The summed E-state index contributed by atoms with van der Waals surface area (Å²) in [5.41, 5.74) is 9.43. The van der Waals surface area contributed by atoms with Crippen LogP contribution in [-0.4, -0.2) is 17.4 Å². The van der Waals surface area contributed by atoms with Gasteiger partial charge in [-0.3, -0.25) is 17.4 Å². The van der Waals surface area contributed by atoms with Gasteiger partial charge in [0.2, 0.25) is 0 Å². The molecule has 2 aromatic carbocycles. The minimum Gasteiger partial charge on any atom is -0.449 e. The number of ether oxygens (including phenoxy) is 1. The first kappa shape index (κ1) is 33.6. The lowest BCUT2D eigenvalue weighted by molar-refractivity contribution is 0.316. The summed E-state index contributed by atoms with van der Waals surface area (Å²) >= 11 is 0. The van der Waals surface area contributed by atoms with E-state index >= 15 is 0 Å². The Balaban J connectivity index is 1.25. The molecular formula is C43H48N4O3P2. The van der Waals surface area contributed by atoms with Gasteiger partial charge in [0.1, 0.15) is 0 Å². The van der Waals surface area contributed by atoms with Crippen molar-refractivity contribution in [2.45, 2.75) is 91.9 Å². The number of hydrogen-bond acceptors (Lipinski definition) is 3. The largest absolute Gasteiger partial charge is 0.449 e. The van der Waals surface area contributed by atoms with Gasteiger partial charge in [0.25, 0.3) is 0 Å². The summed E-state index contributed by atoms with van der Waals surface area (Å²) in [5, 5.41) is 0. The van der Waals surface area contributed by atoms with Gasteiger partial charge >= 0.3 is 16.9 Å². The highest BCUT2D eigenvalue weighted by Gasteiger charge is 2.42. The van der Waals surface area contributed by atoms with Crippen LogP contribution in [0.1, 0.15) is 113 Å². The van der Waals surface area contributed by atoms with E-state index in [1.807, 2.05) is 0 Å². The summed E-state index contributed by atoms with van der Waals surface area (Å²) < 4.78 is 31.1. The van der Waals surface area contributed by atoms with Gasteiger partial charge in [-0.2, -0.15) is 0 Å². The second-order valence-electron chi connectivity index (χ2n) is 17.6. The second kappa shape index (κ2) is 11.7. The Morgan fingerprint density at radius 1 is 0.538 bits per heavy atom. The fourth-order valence-corrected chi connectivity index (χ4v) is 11.5. The quantitative estimate of drug-likeness (QED) is 0.170.